The summed E-state index contributed by atoms with van der Waals surface area (Å²) in [5.41, 5.74) is 9.89. The molecule has 0 atom stereocenters. The molecular formula is C44H36F3N5Pt. The molecule has 0 unspecified atom stereocenters. The van der Waals surface area contributed by atoms with Crippen LogP contribution in [-0.4, -0.2) is 14.0 Å². The molecular weight excluding hydrogens is 851 g/mol. The van der Waals surface area contributed by atoms with Crippen LogP contribution in [0, 0.1) is 40.2 Å². The minimum Gasteiger partial charge on any atom is -0.657 e. The van der Waals surface area contributed by atoms with E-state index in [0.717, 1.165) is 62.2 Å². The Kier molecular flexibility index (Phi) is 7.72. The second-order valence-electron chi connectivity index (χ2n) is 13.0. The van der Waals surface area contributed by atoms with Crippen molar-refractivity contribution >= 4 is 55.9 Å². The predicted molar refractivity (Wildman–Crippen MR) is 207 cm³/mol. The minimum atomic E-state index is -4.31. The minimum absolute atomic E-state index is 0. The van der Waals surface area contributed by atoms with E-state index >= 15 is 0 Å². The van der Waals surface area contributed by atoms with Crippen molar-refractivity contribution in [1.82, 2.24) is 4.98 Å². The van der Waals surface area contributed by atoms with Crippen molar-refractivity contribution in [3.63, 3.8) is 0 Å². The first-order chi connectivity index (χ1) is 27.4. The van der Waals surface area contributed by atoms with Crippen molar-refractivity contribution in [2.75, 3.05) is 33.6 Å². The Balaban J connectivity index is 0.000000244. The second-order valence-corrected chi connectivity index (χ2v) is 13.0. The Bertz CT molecular complexity index is 2580. The number of benzene rings is 6. The van der Waals surface area contributed by atoms with Gasteiger partial charge in [0.25, 0.3) is 0 Å². The number of anilines is 6. The van der Waals surface area contributed by atoms with Crippen LogP contribution in [0.5, 0.6) is 0 Å². The summed E-state index contributed by atoms with van der Waals surface area (Å²) in [6, 6.07) is 37.3. The van der Waals surface area contributed by atoms with Gasteiger partial charge in [-0.15, -0.1) is 46.2 Å². The average Bonchev–Trinajstić information content (AvgIpc) is 3.86. The molecule has 1 aromatic heterocycles. The van der Waals surface area contributed by atoms with Crippen molar-refractivity contribution < 1.29 is 42.5 Å². The molecule has 2 aliphatic rings. The number of para-hydroxylation sites is 5. The summed E-state index contributed by atoms with van der Waals surface area (Å²) in [7, 11) is 0. The van der Waals surface area contributed by atoms with Gasteiger partial charge in [0.05, 0.1) is 5.56 Å². The van der Waals surface area contributed by atoms with E-state index in [2.05, 4.69) is 44.0 Å². The SMILES string of the molecule is FC(F)(F)c1ccc2[n-]c3ccccc3c2c1.[2H]C([2H])([2H])N1[CH-]N(c2[c-]c(N3[CH-]N(C([2H])([2H])[2H])c4ccccc43)cc(-c3c(C)cc(C)cc3C)c2)c2ccccc21.[Pt+4]. The normalized spacial score (nSPS) is 15.7. The summed E-state index contributed by atoms with van der Waals surface area (Å²) in [6.45, 7) is 4.64. The molecule has 0 spiro atoms. The molecule has 0 saturated heterocycles. The summed E-state index contributed by atoms with van der Waals surface area (Å²) in [5.74, 6) is 0. The number of alkyl halides is 3. The molecule has 268 valence electrons. The molecule has 0 amide bonds. The summed E-state index contributed by atoms with van der Waals surface area (Å²) in [4.78, 5) is 10.5. The van der Waals surface area contributed by atoms with Gasteiger partial charge in [-0.05, 0) is 92.5 Å². The maximum Gasteiger partial charge on any atom is 4.00 e. The quantitative estimate of drug-likeness (QED) is 0.165. The van der Waals surface area contributed by atoms with E-state index in [1.54, 1.807) is 43.7 Å². The van der Waals surface area contributed by atoms with E-state index in [0.29, 0.717) is 33.7 Å². The van der Waals surface area contributed by atoms with Crippen molar-refractivity contribution in [3.05, 3.63) is 157 Å². The molecule has 3 heterocycles. The predicted octanol–water partition coefficient (Wildman–Crippen LogP) is 11.5. The molecule has 0 aliphatic carbocycles. The molecule has 0 radical (unpaired) electrons. The first-order valence-corrected chi connectivity index (χ1v) is 16.6. The van der Waals surface area contributed by atoms with Crippen LogP contribution in [0.4, 0.5) is 47.3 Å². The van der Waals surface area contributed by atoms with Crippen LogP contribution in [0.2, 0.25) is 0 Å². The van der Waals surface area contributed by atoms with Gasteiger partial charge in [0.2, 0.25) is 0 Å². The van der Waals surface area contributed by atoms with Crippen LogP contribution in [0.3, 0.4) is 0 Å². The van der Waals surface area contributed by atoms with Crippen molar-refractivity contribution in [2.45, 2.75) is 26.9 Å². The molecule has 9 rings (SSSR count). The van der Waals surface area contributed by atoms with E-state index in [1.165, 1.54) is 15.9 Å². The molecule has 0 fully saturated rings. The zero-order chi connectivity index (χ0) is 41.3. The molecule has 0 bridgehead atoms. The smallest absolute Gasteiger partial charge is 0.657 e. The van der Waals surface area contributed by atoms with Crippen LogP contribution in [0.1, 0.15) is 30.5 Å². The number of fused-ring (bicyclic) bond motifs is 5. The fourth-order valence-corrected chi connectivity index (χ4v) is 7.14. The first-order valence-electron chi connectivity index (χ1n) is 19.6. The fraction of sp³-hybridized carbons (Fsp3) is 0.136. The summed E-state index contributed by atoms with van der Waals surface area (Å²) in [5, 5.41) is 1.31. The molecule has 53 heavy (non-hydrogen) atoms. The molecule has 0 saturated carbocycles. The summed E-state index contributed by atoms with van der Waals surface area (Å²) >= 11 is 0. The van der Waals surface area contributed by atoms with Crippen LogP contribution >= 0.6 is 0 Å². The summed E-state index contributed by atoms with van der Waals surface area (Å²) < 4.78 is 86.6. The fourth-order valence-electron chi connectivity index (χ4n) is 7.14. The molecule has 9 heteroatoms. The largest absolute Gasteiger partial charge is 4.00 e. The van der Waals surface area contributed by atoms with Gasteiger partial charge in [-0.1, -0.05) is 78.4 Å². The molecule has 7 aromatic rings. The average molecular weight is 893 g/mol. The second kappa shape index (κ2) is 14.0. The van der Waals surface area contributed by atoms with Crippen molar-refractivity contribution in [1.29, 1.82) is 0 Å². The van der Waals surface area contributed by atoms with Crippen molar-refractivity contribution in [2.24, 2.45) is 0 Å². The third-order valence-corrected chi connectivity index (χ3v) is 9.35. The van der Waals surface area contributed by atoms with Gasteiger partial charge < -0.3 is 24.6 Å². The van der Waals surface area contributed by atoms with Gasteiger partial charge in [-0.3, -0.25) is 0 Å². The number of hydrogen-bond acceptors (Lipinski definition) is 4. The van der Waals surface area contributed by atoms with Gasteiger partial charge in [-0.25, -0.2) is 0 Å². The van der Waals surface area contributed by atoms with Gasteiger partial charge in [0, 0.05) is 31.0 Å². The Morgan fingerprint density at radius 3 is 1.68 bits per heavy atom. The molecule has 5 nitrogen and oxygen atoms in total. The Hall–Kier alpha value is -5.20. The molecule has 0 N–H and O–H groups in total. The van der Waals surface area contributed by atoms with E-state index in [9.17, 15) is 13.2 Å². The first kappa shape index (κ1) is 29.3. The van der Waals surface area contributed by atoms with Gasteiger partial charge >= 0.3 is 27.2 Å². The van der Waals surface area contributed by atoms with E-state index in [1.807, 2.05) is 64.4 Å². The van der Waals surface area contributed by atoms with Gasteiger partial charge in [-0.2, -0.15) is 26.5 Å². The molecule has 2 aliphatic heterocycles. The maximum absolute atomic E-state index is 12.6. The number of halogens is 3. The monoisotopic (exact) mass is 892 g/mol. The Labute approximate surface area is 330 Å². The zero-order valence-corrected chi connectivity index (χ0v) is 31.1. The van der Waals surface area contributed by atoms with Gasteiger partial charge in [0.1, 0.15) is 0 Å². The number of rotatable bonds is 3. The Morgan fingerprint density at radius 2 is 1.13 bits per heavy atom. The standard InChI is InChI=1S/C31H29N4.C13H7F3N.Pt/c1-21-14-22(2)31(23(3)15-21)24-16-25(34-19-32(4)27-10-6-8-12-29(27)34)18-26(17-24)35-20-33(5)28-11-7-9-13-30(28)35;14-13(15,16)8-5-6-12-10(7-8)9-3-1-2-4-11(9)17-12;/h6-17,19-20H,1-5H3;1-7H;/q-3;-1;+4/i4D3,5D3;;. The van der Waals surface area contributed by atoms with E-state index < -0.39 is 25.7 Å². The van der Waals surface area contributed by atoms with Gasteiger partial charge in [0.15, 0.2) is 0 Å². The molecule has 6 aromatic carbocycles. The number of aromatic nitrogens is 1. The number of hydrogen-bond donors (Lipinski definition) is 0. The summed E-state index contributed by atoms with van der Waals surface area (Å²) in [6.07, 6.45) is -4.31. The van der Waals surface area contributed by atoms with Crippen LogP contribution < -0.4 is 24.6 Å². The third-order valence-electron chi connectivity index (χ3n) is 9.35. The Morgan fingerprint density at radius 1 is 0.623 bits per heavy atom. The van der Waals surface area contributed by atoms with Crippen LogP contribution in [0.25, 0.3) is 32.9 Å². The maximum atomic E-state index is 12.6. The number of aryl methyl sites for hydroxylation is 3. The topological polar surface area (TPSA) is 27.1 Å². The zero-order valence-electron chi connectivity index (χ0n) is 34.8. The van der Waals surface area contributed by atoms with Crippen molar-refractivity contribution in [3.8, 4) is 11.1 Å². The number of nitrogens with zero attached hydrogens (tertiary/aromatic N) is 5. The van der Waals surface area contributed by atoms with Crippen LogP contribution in [0.15, 0.2) is 115 Å². The van der Waals surface area contributed by atoms with Crippen LogP contribution in [-0.2, 0) is 27.2 Å². The van der Waals surface area contributed by atoms with E-state index in [4.69, 9.17) is 8.22 Å². The third kappa shape index (κ3) is 6.65. The van der Waals surface area contributed by atoms with E-state index in [-0.39, 0.29) is 21.1 Å².